The second-order valence-electron chi connectivity index (χ2n) is 8.16. The van der Waals surface area contributed by atoms with E-state index in [1.165, 1.54) is 12.0 Å². The fourth-order valence-electron chi connectivity index (χ4n) is 4.31. The number of fused-ring (bicyclic) bond motifs is 2. The normalized spacial score (nSPS) is 14.9. The third-order valence-electron chi connectivity index (χ3n) is 5.87. The van der Waals surface area contributed by atoms with Gasteiger partial charge in [0, 0.05) is 0 Å². The Balaban J connectivity index is 1.78. The summed E-state index contributed by atoms with van der Waals surface area (Å²) in [5.41, 5.74) is 2.28. The Bertz CT molecular complexity index is 1550. The first kappa shape index (κ1) is 22.8. The van der Waals surface area contributed by atoms with Crippen molar-refractivity contribution in [2.24, 2.45) is 0 Å². The lowest BCUT2D eigenvalue weighted by Crippen LogP contribution is -2.29. The number of esters is 1. The van der Waals surface area contributed by atoms with Crippen molar-refractivity contribution >= 4 is 39.3 Å². The number of aromatic nitrogens is 1. The fourth-order valence-corrected chi connectivity index (χ4v) is 5.32. The molecular weight excluding hydrogens is 468 g/mol. The summed E-state index contributed by atoms with van der Waals surface area (Å²) in [7, 11) is 1.29. The second-order valence-corrected chi connectivity index (χ2v) is 9.14. The van der Waals surface area contributed by atoms with Gasteiger partial charge in [0.1, 0.15) is 16.2 Å². The predicted octanol–water partition coefficient (Wildman–Crippen LogP) is 4.80. The van der Waals surface area contributed by atoms with E-state index >= 15 is 0 Å². The zero-order valence-electron chi connectivity index (χ0n) is 19.6. The molecule has 3 heterocycles. The summed E-state index contributed by atoms with van der Waals surface area (Å²) in [6.45, 7) is 5.90. The number of hydrogen-bond donors (Lipinski definition) is 0. The van der Waals surface area contributed by atoms with Crippen LogP contribution >= 0.6 is 11.3 Å². The van der Waals surface area contributed by atoms with Gasteiger partial charge in [-0.1, -0.05) is 35.1 Å². The first-order valence-corrected chi connectivity index (χ1v) is 11.8. The van der Waals surface area contributed by atoms with E-state index < -0.39 is 17.9 Å². The van der Waals surface area contributed by atoms with Gasteiger partial charge in [0.15, 0.2) is 10.6 Å². The van der Waals surface area contributed by atoms with Gasteiger partial charge in [0.05, 0.1) is 36.4 Å². The molecule has 1 amide bonds. The Morgan fingerprint density at radius 1 is 1.17 bits per heavy atom. The molecule has 2 aromatic carbocycles. The van der Waals surface area contributed by atoms with Crippen LogP contribution < -0.4 is 15.1 Å². The molecule has 2 aromatic heterocycles. The van der Waals surface area contributed by atoms with Gasteiger partial charge in [-0.3, -0.25) is 14.5 Å². The largest absolute Gasteiger partial charge is 0.494 e. The van der Waals surface area contributed by atoms with Gasteiger partial charge >= 0.3 is 5.97 Å². The van der Waals surface area contributed by atoms with Crippen LogP contribution in [0.2, 0.25) is 0 Å². The molecule has 1 atom stereocenters. The maximum Gasteiger partial charge on any atom is 0.350 e. The molecule has 0 fully saturated rings. The van der Waals surface area contributed by atoms with Crippen molar-refractivity contribution in [2.45, 2.75) is 26.8 Å². The highest BCUT2D eigenvalue weighted by atomic mass is 32.1. The molecule has 8 nitrogen and oxygen atoms in total. The summed E-state index contributed by atoms with van der Waals surface area (Å²) in [4.78, 5) is 45.9. The minimum Gasteiger partial charge on any atom is -0.494 e. The van der Waals surface area contributed by atoms with Crippen LogP contribution in [0.4, 0.5) is 5.13 Å². The van der Waals surface area contributed by atoms with Gasteiger partial charge in [-0.15, -0.1) is 0 Å². The van der Waals surface area contributed by atoms with Crippen molar-refractivity contribution in [2.75, 3.05) is 18.6 Å². The van der Waals surface area contributed by atoms with E-state index in [1.54, 1.807) is 31.2 Å². The number of hydrogen-bond acceptors (Lipinski definition) is 8. The molecule has 0 unspecified atom stereocenters. The Morgan fingerprint density at radius 2 is 1.97 bits per heavy atom. The number of ether oxygens (including phenoxy) is 2. The molecule has 9 heteroatoms. The van der Waals surface area contributed by atoms with E-state index in [2.05, 4.69) is 4.98 Å². The van der Waals surface area contributed by atoms with E-state index in [1.807, 2.05) is 32.0 Å². The quantitative estimate of drug-likeness (QED) is 0.371. The first-order valence-electron chi connectivity index (χ1n) is 11.0. The number of benzene rings is 2. The first-order chi connectivity index (χ1) is 16.8. The van der Waals surface area contributed by atoms with Gasteiger partial charge in [-0.25, -0.2) is 9.78 Å². The molecule has 1 aliphatic rings. The molecule has 0 saturated heterocycles. The Morgan fingerprint density at radius 3 is 2.71 bits per heavy atom. The highest BCUT2D eigenvalue weighted by molar-refractivity contribution is 7.17. The molecule has 5 rings (SSSR count). The molecule has 4 aromatic rings. The van der Waals surface area contributed by atoms with Crippen LogP contribution in [0.3, 0.4) is 0 Å². The van der Waals surface area contributed by atoms with Gasteiger partial charge < -0.3 is 13.9 Å². The Kier molecular flexibility index (Phi) is 5.64. The number of thiazole rings is 1. The van der Waals surface area contributed by atoms with E-state index in [0.29, 0.717) is 34.6 Å². The molecule has 35 heavy (non-hydrogen) atoms. The number of carbonyl (C=O) groups excluding carboxylic acids is 2. The van der Waals surface area contributed by atoms with Crippen molar-refractivity contribution < 1.29 is 23.5 Å². The van der Waals surface area contributed by atoms with Crippen molar-refractivity contribution in [3.05, 3.63) is 85.7 Å². The number of amides is 1. The van der Waals surface area contributed by atoms with Crippen LogP contribution in [0.15, 0.2) is 51.7 Å². The summed E-state index contributed by atoms with van der Waals surface area (Å²) in [6, 6.07) is 11.7. The summed E-state index contributed by atoms with van der Waals surface area (Å²) in [5, 5.41) is 0.667. The smallest absolute Gasteiger partial charge is 0.350 e. The maximum absolute atomic E-state index is 13.8. The van der Waals surface area contributed by atoms with Gasteiger partial charge in [-0.05, 0) is 50.6 Å². The third kappa shape index (κ3) is 3.68. The monoisotopic (exact) mass is 490 g/mol. The van der Waals surface area contributed by atoms with E-state index in [-0.39, 0.29) is 26.8 Å². The number of rotatable bonds is 5. The predicted molar refractivity (Wildman–Crippen MR) is 132 cm³/mol. The highest BCUT2D eigenvalue weighted by Crippen LogP contribution is 2.43. The van der Waals surface area contributed by atoms with Crippen molar-refractivity contribution in [1.82, 2.24) is 4.98 Å². The van der Waals surface area contributed by atoms with Crippen LogP contribution in [-0.2, 0) is 4.74 Å². The van der Waals surface area contributed by atoms with E-state index in [4.69, 9.17) is 13.9 Å². The number of anilines is 1. The summed E-state index contributed by atoms with van der Waals surface area (Å²) in [6.07, 6.45) is 0. The Hall–Kier alpha value is -3.98. The molecule has 0 N–H and O–H groups in total. The van der Waals surface area contributed by atoms with Gasteiger partial charge in [-0.2, -0.15) is 0 Å². The lowest BCUT2D eigenvalue weighted by Gasteiger charge is -2.23. The lowest BCUT2D eigenvalue weighted by atomic mass is 9.98. The summed E-state index contributed by atoms with van der Waals surface area (Å²) < 4.78 is 16.5. The molecule has 0 bridgehead atoms. The Labute approximate surface area is 204 Å². The second kappa shape index (κ2) is 8.66. The van der Waals surface area contributed by atoms with Crippen molar-refractivity contribution in [3.8, 4) is 5.75 Å². The molecule has 0 aliphatic carbocycles. The number of carbonyl (C=O) groups is 2. The number of methoxy groups -OCH3 is 1. The maximum atomic E-state index is 13.8. The zero-order chi connectivity index (χ0) is 24.9. The standard InChI is InChI=1S/C26H22N2O6S/c1-5-33-16-8-6-7-15(12-16)20-19-21(29)17-11-13(2)9-10-18(17)34-22(19)24(30)28(20)26-27-14(3)23(35-26)25(31)32-4/h6-12,20H,5H2,1-4H3/t20-/m0/s1. The minimum absolute atomic E-state index is 0.0364. The minimum atomic E-state index is -0.810. The summed E-state index contributed by atoms with van der Waals surface area (Å²) in [5.74, 6) is -0.472. The van der Waals surface area contributed by atoms with Crippen molar-refractivity contribution in [3.63, 3.8) is 0 Å². The van der Waals surface area contributed by atoms with Crippen LogP contribution in [0, 0.1) is 13.8 Å². The van der Waals surface area contributed by atoms with E-state index in [0.717, 1.165) is 16.9 Å². The molecular formula is C26H22N2O6S. The van der Waals surface area contributed by atoms with Crippen LogP contribution in [0.1, 0.15) is 55.6 Å². The SMILES string of the molecule is CCOc1cccc([C@H]2c3c(oc4ccc(C)cc4c3=O)C(=O)N2c2nc(C)c(C(=O)OC)s2)c1. The molecule has 0 spiro atoms. The van der Waals surface area contributed by atoms with Crippen LogP contribution in [0.5, 0.6) is 5.75 Å². The molecule has 178 valence electrons. The zero-order valence-corrected chi connectivity index (χ0v) is 20.4. The number of aryl methyl sites for hydroxylation is 2. The average Bonchev–Trinajstić information content (AvgIpc) is 3.37. The van der Waals surface area contributed by atoms with E-state index in [9.17, 15) is 14.4 Å². The van der Waals surface area contributed by atoms with Gasteiger partial charge in [0.25, 0.3) is 5.91 Å². The number of nitrogens with zero attached hydrogens (tertiary/aromatic N) is 2. The van der Waals surface area contributed by atoms with Crippen LogP contribution in [0.25, 0.3) is 11.0 Å². The highest BCUT2D eigenvalue weighted by Gasteiger charge is 2.45. The molecule has 1 aliphatic heterocycles. The molecule has 0 saturated carbocycles. The average molecular weight is 491 g/mol. The van der Waals surface area contributed by atoms with Crippen LogP contribution in [-0.4, -0.2) is 30.6 Å². The summed E-state index contributed by atoms with van der Waals surface area (Å²) >= 11 is 1.03. The topological polar surface area (TPSA) is 98.9 Å². The third-order valence-corrected chi connectivity index (χ3v) is 7.01. The fraction of sp³-hybridized carbons (Fsp3) is 0.231. The van der Waals surface area contributed by atoms with Gasteiger partial charge in [0.2, 0.25) is 5.76 Å². The lowest BCUT2D eigenvalue weighted by molar-refractivity contribution is 0.0605. The molecule has 0 radical (unpaired) electrons. The van der Waals surface area contributed by atoms with Crippen molar-refractivity contribution in [1.29, 1.82) is 0 Å².